The summed E-state index contributed by atoms with van der Waals surface area (Å²) in [5.74, 6) is -0.511. The van der Waals surface area contributed by atoms with Crippen LogP contribution >= 0.6 is 0 Å². The average Bonchev–Trinajstić information content (AvgIpc) is 3.50. The first-order valence-corrected chi connectivity index (χ1v) is 10.8. The van der Waals surface area contributed by atoms with Crippen molar-refractivity contribution in [3.8, 4) is 0 Å². The fraction of sp³-hybridized carbons (Fsp3) is 0.111. The molecule has 0 spiro atoms. The van der Waals surface area contributed by atoms with Crippen LogP contribution in [0, 0.1) is 0 Å². The van der Waals surface area contributed by atoms with Gasteiger partial charge in [-0.1, -0.05) is 66.7 Å². The number of hydrogen-bond donors (Lipinski definition) is 0. The minimum absolute atomic E-state index is 0.247. The molecule has 3 aromatic carbocycles. The summed E-state index contributed by atoms with van der Waals surface area (Å²) in [6.45, 7) is 0.926. The monoisotopic (exact) mass is 419 g/mol. The molecule has 0 unspecified atom stereocenters. The maximum Gasteiger partial charge on any atom is 0.280 e. The molecule has 3 heterocycles. The lowest BCUT2D eigenvalue weighted by atomic mass is 10.2. The van der Waals surface area contributed by atoms with Crippen LogP contribution < -0.4 is 4.90 Å². The minimum Gasteiger partial charge on any atom is -0.335 e. The zero-order valence-corrected chi connectivity index (χ0v) is 17.4. The number of imide groups is 1. The highest BCUT2D eigenvalue weighted by atomic mass is 16.2. The normalized spacial score (nSPS) is 15.9. The predicted molar refractivity (Wildman–Crippen MR) is 125 cm³/mol. The maximum absolute atomic E-state index is 13.8. The molecule has 0 saturated heterocycles. The summed E-state index contributed by atoms with van der Waals surface area (Å²) >= 11 is 0. The van der Waals surface area contributed by atoms with Crippen LogP contribution in [0.4, 0.5) is 5.69 Å². The number of rotatable bonds is 4. The zero-order chi connectivity index (χ0) is 21.7. The Morgan fingerprint density at radius 1 is 0.719 bits per heavy atom. The molecular formula is C27H21N3O2. The molecule has 5 heteroatoms. The first-order chi connectivity index (χ1) is 15.7. The smallest absolute Gasteiger partial charge is 0.280 e. The van der Waals surface area contributed by atoms with Gasteiger partial charge in [-0.05, 0) is 41.1 Å². The van der Waals surface area contributed by atoms with Gasteiger partial charge in [-0.3, -0.25) is 14.5 Å². The maximum atomic E-state index is 13.8. The van der Waals surface area contributed by atoms with E-state index in [-0.39, 0.29) is 18.4 Å². The Balaban J connectivity index is 1.52. The zero-order valence-electron chi connectivity index (χ0n) is 17.4. The molecular weight excluding hydrogens is 398 g/mol. The van der Waals surface area contributed by atoms with Crippen LogP contribution in [0.5, 0.6) is 0 Å². The summed E-state index contributed by atoms with van der Waals surface area (Å²) in [6, 6.07) is 27.7. The molecule has 0 N–H and O–H groups in total. The molecule has 0 bridgehead atoms. The van der Waals surface area contributed by atoms with Crippen LogP contribution in [0.15, 0.2) is 96.8 Å². The van der Waals surface area contributed by atoms with Gasteiger partial charge < -0.3 is 9.47 Å². The van der Waals surface area contributed by atoms with Gasteiger partial charge in [0.2, 0.25) is 0 Å². The van der Waals surface area contributed by atoms with Crippen molar-refractivity contribution in [2.75, 3.05) is 11.4 Å². The van der Waals surface area contributed by atoms with Gasteiger partial charge >= 0.3 is 0 Å². The van der Waals surface area contributed by atoms with Crippen molar-refractivity contribution in [2.45, 2.75) is 13.0 Å². The van der Waals surface area contributed by atoms with E-state index in [2.05, 4.69) is 6.07 Å². The van der Waals surface area contributed by atoms with E-state index in [9.17, 15) is 9.59 Å². The molecule has 0 radical (unpaired) electrons. The van der Waals surface area contributed by atoms with Crippen molar-refractivity contribution in [3.05, 3.63) is 108 Å². The van der Waals surface area contributed by atoms with Gasteiger partial charge in [0, 0.05) is 18.4 Å². The minimum atomic E-state index is -0.264. The number of amides is 2. The Hall–Kier alpha value is -4.12. The van der Waals surface area contributed by atoms with Crippen LogP contribution in [-0.4, -0.2) is 27.8 Å². The molecule has 2 amide bonds. The van der Waals surface area contributed by atoms with Crippen LogP contribution in [0.1, 0.15) is 11.1 Å². The first kappa shape index (κ1) is 18.6. The Kier molecular flexibility index (Phi) is 4.21. The summed E-state index contributed by atoms with van der Waals surface area (Å²) in [4.78, 5) is 30.9. The molecule has 6 rings (SSSR count). The number of para-hydroxylation sites is 2. The summed E-state index contributed by atoms with van der Waals surface area (Å²) in [5, 5.41) is 1.03. The number of carbonyl (C=O) groups excluding carboxylic acids is 2. The predicted octanol–water partition coefficient (Wildman–Crippen LogP) is 4.44. The fourth-order valence-electron chi connectivity index (χ4n) is 4.77. The van der Waals surface area contributed by atoms with E-state index in [1.165, 1.54) is 10.5 Å². The number of hydrogen-bond acceptors (Lipinski definition) is 3. The lowest BCUT2D eigenvalue weighted by Gasteiger charge is -2.21. The van der Waals surface area contributed by atoms with Gasteiger partial charge in [0.15, 0.2) is 0 Å². The summed E-state index contributed by atoms with van der Waals surface area (Å²) in [5.41, 5.74) is 4.91. The molecule has 4 aromatic rings. The Morgan fingerprint density at radius 2 is 1.44 bits per heavy atom. The first-order valence-electron chi connectivity index (χ1n) is 10.8. The van der Waals surface area contributed by atoms with Crippen molar-refractivity contribution in [1.82, 2.24) is 9.47 Å². The Bertz CT molecular complexity index is 1400. The fourth-order valence-corrected chi connectivity index (χ4v) is 4.77. The second kappa shape index (κ2) is 7.24. The summed E-state index contributed by atoms with van der Waals surface area (Å²) < 4.78 is 1.87. The molecule has 156 valence electrons. The number of nitrogens with zero attached hydrogens (tertiary/aromatic N) is 3. The van der Waals surface area contributed by atoms with Gasteiger partial charge in [0.25, 0.3) is 11.8 Å². The molecule has 1 aromatic heterocycles. The van der Waals surface area contributed by atoms with Crippen LogP contribution in [0.3, 0.4) is 0 Å². The topological polar surface area (TPSA) is 45.6 Å². The second-order valence-electron chi connectivity index (χ2n) is 8.15. The van der Waals surface area contributed by atoms with Crippen LogP contribution in [0.2, 0.25) is 0 Å². The van der Waals surface area contributed by atoms with Gasteiger partial charge in [0.05, 0.1) is 12.1 Å². The van der Waals surface area contributed by atoms with Crippen molar-refractivity contribution in [2.24, 2.45) is 0 Å². The van der Waals surface area contributed by atoms with Crippen molar-refractivity contribution < 1.29 is 9.59 Å². The highest BCUT2D eigenvalue weighted by molar-refractivity contribution is 6.34. The second-order valence-corrected chi connectivity index (χ2v) is 8.15. The number of fused-ring (bicyclic) bond motifs is 2. The van der Waals surface area contributed by atoms with Crippen LogP contribution in [-0.2, 0) is 22.6 Å². The summed E-state index contributed by atoms with van der Waals surface area (Å²) in [6.07, 6.45) is 2.73. The average molecular weight is 419 g/mol. The van der Waals surface area contributed by atoms with E-state index in [0.29, 0.717) is 17.9 Å². The third-order valence-corrected chi connectivity index (χ3v) is 6.30. The van der Waals surface area contributed by atoms with E-state index < -0.39 is 0 Å². The van der Waals surface area contributed by atoms with Gasteiger partial charge in [-0.15, -0.1) is 0 Å². The Morgan fingerprint density at radius 3 is 2.31 bits per heavy atom. The lowest BCUT2D eigenvalue weighted by Crippen LogP contribution is -2.34. The van der Waals surface area contributed by atoms with E-state index >= 15 is 0 Å². The van der Waals surface area contributed by atoms with Crippen LogP contribution in [0.25, 0.3) is 16.6 Å². The largest absolute Gasteiger partial charge is 0.335 e. The third kappa shape index (κ3) is 2.78. The molecule has 2 aliphatic rings. The van der Waals surface area contributed by atoms with E-state index in [1.807, 2.05) is 94.5 Å². The summed E-state index contributed by atoms with van der Waals surface area (Å²) in [7, 11) is 0. The third-order valence-electron chi connectivity index (χ3n) is 6.30. The number of carbonyl (C=O) groups is 2. The van der Waals surface area contributed by atoms with E-state index in [1.54, 1.807) is 0 Å². The van der Waals surface area contributed by atoms with Gasteiger partial charge in [-0.25, -0.2) is 0 Å². The number of aromatic nitrogens is 1. The highest BCUT2D eigenvalue weighted by Crippen LogP contribution is 2.38. The lowest BCUT2D eigenvalue weighted by molar-refractivity contribution is -0.137. The number of anilines is 1. The standard InChI is InChI=1S/C27H21N3O2/c31-26-24(28-16-14-20-10-4-6-12-22(20)28)25(29-17-15-21-11-5-7-13-23(21)29)27(32)30(26)18-19-8-2-1-3-9-19/h1-14,16H,15,17-18H2. The van der Waals surface area contributed by atoms with E-state index in [4.69, 9.17) is 0 Å². The molecule has 2 aliphatic heterocycles. The molecule has 0 fully saturated rings. The highest BCUT2D eigenvalue weighted by Gasteiger charge is 2.43. The molecule has 0 saturated carbocycles. The number of benzene rings is 3. The van der Waals surface area contributed by atoms with E-state index in [0.717, 1.165) is 28.6 Å². The van der Waals surface area contributed by atoms with Crippen molar-refractivity contribution in [3.63, 3.8) is 0 Å². The molecule has 32 heavy (non-hydrogen) atoms. The van der Waals surface area contributed by atoms with Crippen molar-refractivity contribution in [1.29, 1.82) is 0 Å². The molecule has 5 nitrogen and oxygen atoms in total. The Labute approximate surface area is 185 Å². The van der Waals surface area contributed by atoms with Gasteiger partial charge in [-0.2, -0.15) is 0 Å². The van der Waals surface area contributed by atoms with Crippen molar-refractivity contribution >= 4 is 34.1 Å². The molecule has 0 atom stereocenters. The SMILES string of the molecule is O=C1C(N2CCc3ccccc32)=C(n2ccc3ccccc32)C(=O)N1Cc1ccccc1. The van der Waals surface area contributed by atoms with Gasteiger partial charge in [0.1, 0.15) is 11.4 Å². The quantitative estimate of drug-likeness (QED) is 0.460. The molecule has 0 aliphatic carbocycles.